The van der Waals surface area contributed by atoms with Gasteiger partial charge in [0.05, 0.1) is 18.4 Å². The van der Waals surface area contributed by atoms with E-state index >= 15 is 0 Å². The summed E-state index contributed by atoms with van der Waals surface area (Å²) in [4.78, 5) is 14.9. The molecule has 3 rings (SSSR count). The Morgan fingerprint density at radius 2 is 2.30 bits per heavy atom. The summed E-state index contributed by atoms with van der Waals surface area (Å²) < 4.78 is 5.72. The van der Waals surface area contributed by atoms with Gasteiger partial charge in [-0.1, -0.05) is 0 Å². The molecule has 1 saturated heterocycles. The Kier molecular flexibility index (Phi) is 4.67. The molecule has 0 saturated carbocycles. The van der Waals surface area contributed by atoms with Crippen molar-refractivity contribution in [1.29, 1.82) is 5.26 Å². The third-order valence-electron chi connectivity index (χ3n) is 3.96. The standard InChI is InChI=1S/C17H19N5O/c1-13-4-5-15(9-18)17(21-13)22-8-2-3-14(11-22)12-23-16-10-19-6-7-20-16/h4-7,10,14H,2-3,8,11-12H2,1H3. The zero-order chi connectivity index (χ0) is 16.1. The van der Waals surface area contributed by atoms with Crippen LogP contribution < -0.4 is 9.64 Å². The maximum atomic E-state index is 9.30. The molecule has 0 aliphatic carbocycles. The van der Waals surface area contributed by atoms with Crippen molar-refractivity contribution in [2.75, 3.05) is 24.6 Å². The quantitative estimate of drug-likeness (QED) is 0.863. The molecule has 0 N–H and O–H groups in total. The zero-order valence-electron chi connectivity index (χ0n) is 13.1. The van der Waals surface area contributed by atoms with Gasteiger partial charge in [-0.3, -0.25) is 4.98 Å². The van der Waals surface area contributed by atoms with E-state index < -0.39 is 0 Å². The summed E-state index contributed by atoms with van der Waals surface area (Å²) in [7, 11) is 0. The molecule has 0 radical (unpaired) electrons. The maximum absolute atomic E-state index is 9.30. The lowest BCUT2D eigenvalue weighted by molar-refractivity contribution is 0.221. The molecule has 0 amide bonds. The van der Waals surface area contributed by atoms with Gasteiger partial charge in [0.2, 0.25) is 5.88 Å². The Balaban J connectivity index is 1.67. The molecule has 0 bridgehead atoms. The van der Waals surface area contributed by atoms with Gasteiger partial charge >= 0.3 is 0 Å². The first-order valence-corrected chi connectivity index (χ1v) is 7.78. The summed E-state index contributed by atoms with van der Waals surface area (Å²) >= 11 is 0. The smallest absolute Gasteiger partial charge is 0.232 e. The second kappa shape index (κ2) is 7.05. The molecule has 3 heterocycles. The molecule has 0 aromatic carbocycles. The van der Waals surface area contributed by atoms with Crippen LogP contribution in [-0.4, -0.2) is 34.6 Å². The lowest BCUT2D eigenvalue weighted by atomic mass is 9.98. The molecule has 1 unspecified atom stereocenters. The van der Waals surface area contributed by atoms with E-state index in [-0.39, 0.29) is 0 Å². The summed E-state index contributed by atoms with van der Waals surface area (Å²) in [5, 5.41) is 9.30. The first-order valence-electron chi connectivity index (χ1n) is 7.78. The Hall–Kier alpha value is -2.68. The van der Waals surface area contributed by atoms with E-state index in [0.29, 0.717) is 24.0 Å². The largest absolute Gasteiger partial charge is 0.476 e. The minimum absolute atomic E-state index is 0.389. The number of aryl methyl sites for hydroxylation is 1. The van der Waals surface area contributed by atoms with E-state index in [1.165, 1.54) is 0 Å². The summed E-state index contributed by atoms with van der Waals surface area (Å²) in [5.41, 5.74) is 1.56. The molecular weight excluding hydrogens is 290 g/mol. The second-order valence-electron chi connectivity index (χ2n) is 5.74. The predicted molar refractivity (Wildman–Crippen MR) is 86.2 cm³/mol. The summed E-state index contributed by atoms with van der Waals surface area (Å²) in [6.45, 7) is 4.31. The molecule has 2 aromatic heterocycles. The van der Waals surface area contributed by atoms with Crippen LogP contribution in [0.5, 0.6) is 5.88 Å². The molecular formula is C17H19N5O. The molecule has 2 aromatic rings. The average Bonchev–Trinajstić information content (AvgIpc) is 2.61. The molecule has 1 aliphatic heterocycles. The molecule has 1 aliphatic rings. The van der Waals surface area contributed by atoms with Crippen molar-refractivity contribution in [2.45, 2.75) is 19.8 Å². The van der Waals surface area contributed by atoms with Crippen molar-refractivity contribution in [1.82, 2.24) is 15.0 Å². The summed E-state index contributed by atoms with van der Waals surface area (Å²) in [6, 6.07) is 5.96. The number of piperidine rings is 1. The second-order valence-corrected chi connectivity index (χ2v) is 5.74. The van der Waals surface area contributed by atoms with Crippen molar-refractivity contribution < 1.29 is 4.74 Å². The summed E-state index contributed by atoms with van der Waals surface area (Å²) in [6.07, 6.45) is 7.04. The number of rotatable bonds is 4. The Morgan fingerprint density at radius 3 is 3.09 bits per heavy atom. The predicted octanol–water partition coefficient (Wildman–Crippen LogP) is 2.35. The minimum atomic E-state index is 0.389. The zero-order valence-corrected chi connectivity index (χ0v) is 13.1. The van der Waals surface area contributed by atoms with Gasteiger partial charge in [0, 0.05) is 37.1 Å². The average molecular weight is 309 g/mol. The van der Waals surface area contributed by atoms with Crippen LogP contribution in [0.15, 0.2) is 30.7 Å². The van der Waals surface area contributed by atoms with Gasteiger partial charge in [-0.25, -0.2) is 9.97 Å². The molecule has 0 spiro atoms. The van der Waals surface area contributed by atoms with E-state index in [1.807, 2.05) is 19.1 Å². The van der Waals surface area contributed by atoms with Crippen LogP contribution in [0.4, 0.5) is 5.82 Å². The monoisotopic (exact) mass is 309 g/mol. The number of anilines is 1. The van der Waals surface area contributed by atoms with E-state index in [0.717, 1.165) is 37.4 Å². The number of aromatic nitrogens is 3. The third-order valence-corrected chi connectivity index (χ3v) is 3.96. The van der Waals surface area contributed by atoms with E-state index in [4.69, 9.17) is 4.74 Å². The van der Waals surface area contributed by atoms with Gasteiger partial charge in [0.1, 0.15) is 11.9 Å². The number of nitriles is 1. The fourth-order valence-corrected chi connectivity index (χ4v) is 2.83. The fourth-order valence-electron chi connectivity index (χ4n) is 2.83. The van der Waals surface area contributed by atoms with E-state index in [9.17, 15) is 5.26 Å². The molecule has 1 atom stereocenters. The topological polar surface area (TPSA) is 74.9 Å². The molecule has 6 nitrogen and oxygen atoms in total. The van der Waals surface area contributed by atoms with E-state index in [1.54, 1.807) is 18.6 Å². The van der Waals surface area contributed by atoms with Crippen LogP contribution in [0.3, 0.4) is 0 Å². The first kappa shape index (κ1) is 15.2. The van der Waals surface area contributed by atoms with Crippen molar-refractivity contribution in [3.8, 4) is 11.9 Å². The highest BCUT2D eigenvalue weighted by Crippen LogP contribution is 2.25. The molecule has 6 heteroatoms. The van der Waals surface area contributed by atoms with Gasteiger partial charge in [-0.2, -0.15) is 5.26 Å². The van der Waals surface area contributed by atoms with Crippen molar-refractivity contribution >= 4 is 5.82 Å². The number of ether oxygens (including phenoxy) is 1. The summed E-state index contributed by atoms with van der Waals surface area (Å²) in [5.74, 6) is 1.73. The van der Waals surface area contributed by atoms with Crippen LogP contribution >= 0.6 is 0 Å². The molecule has 23 heavy (non-hydrogen) atoms. The van der Waals surface area contributed by atoms with Gasteiger partial charge in [-0.15, -0.1) is 0 Å². The van der Waals surface area contributed by atoms with Crippen LogP contribution in [-0.2, 0) is 0 Å². The molecule has 118 valence electrons. The van der Waals surface area contributed by atoms with Crippen molar-refractivity contribution in [3.05, 3.63) is 42.0 Å². The maximum Gasteiger partial charge on any atom is 0.232 e. The normalized spacial score (nSPS) is 17.6. The van der Waals surface area contributed by atoms with Crippen molar-refractivity contribution in [3.63, 3.8) is 0 Å². The highest BCUT2D eigenvalue weighted by Gasteiger charge is 2.23. The van der Waals surface area contributed by atoms with Crippen LogP contribution in [0.25, 0.3) is 0 Å². The highest BCUT2D eigenvalue weighted by molar-refractivity contribution is 5.54. The Bertz CT molecular complexity index is 698. The minimum Gasteiger partial charge on any atom is -0.476 e. The van der Waals surface area contributed by atoms with Gasteiger partial charge < -0.3 is 9.64 Å². The molecule has 1 fully saturated rings. The lowest BCUT2D eigenvalue weighted by Gasteiger charge is -2.33. The number of pyridine rings is 1. The van der Waals surface area contributed by atoms with Gasteiger partial charge in [0.25, 0.3) is 0 Å². The first-order chi connectivity index (χ1) is 11.3. The Morgan fingerprint density at radius 1 is 1.39 bits per heavy atom. The van der Waals surface area contributed by atoms with Crippen LogP contribution in [0.1, 0.15) is 24.1 Å². The van der Waals surface area contributed by atoms with Crippen molar-refractivity contribution in [2.24, 2.45) is 5.92 Å². The fraction of sp³-hybridized carbons (Fsp3) is 0.412. The van der Waals surface area contributed by atoms with Crippen LogP contribution in [0.2, 0.25) is 0 Å². The van der Waals surface area contributed by atoms with Gasteiger partial charge in [-0.05, 0) is 31.9 Å². The third kappa shape index (κ3) is 3.75. The highest BCUT2D eigenvalue weighted by atomic mass is 16.5. The SMILES string of the molecule is Cc1ccc(C#N)c(N2CCCC(COc3cnccn3)C2)n1. The number of hydrogen-bond donors (Lipinski definition) is 0. The Labute approximate surface area is 135 Å². The van der Waals surface area contributed by atoms with E-state index in [2.05, 4.69) is 25.9 Å². The van der Waals surface area contributed by atoms with Gasteiger partial charge in [0.15, 0.2) is 0 Å². The lowest BCUT2D eigenvalue weighted by Crippen LogP contribution is -2.38. The number of hydrogen-bond acceptors (Lipinski definition) is 6. The van der Waals surface area contributed by atoms with Crippen LogP contribution in [0, 0.1) is 24.2 Å². The number of nitrogens with zero attached hydrogens (tertiary/aromatic N) is 5.